The molecule has 2 aromatic heterocycles. The van der Waals surface area contributed by atoms with E-state index in [1.165, 1.54) is 22.9 Å². The lowest BCUT2D eigenvalue weighted by atomic mass is 9.76. The minimum Gasteiger partial charge on any atom is -0.480 e. The lowest BCUT2D eigenvalue weighted by Gasteiger charge is -2.39. The highest BCUT2D eigenvalue weighted by atomic mass is 79.9. The van der Waals surface area contributed by atoms with Gasteiger partial charge >= 0.3 is 12.1 Å². The highest BCUT2D eigenvalue weighted by Crippen LogP contribution is 2.42. The van der Waals surface area contributed by atoms with Crippen LogP contribution < -0.4 is 15.0 Å². The zero-order valence-electron chi connectivity index (χ0n) is 21.4. The van der Waals surface area contributed by atoms with Crippen LogP contribution in [0.5, 0.6) is 5.88 Å². The minimum absolute atomic E-state index is 0.103. The highest BCUT2D eigenvalue weighted by molar-refractivity contribution is 9.10. The summed E-state index contributed by atoms with van der Waals surface area (Å²) in [5, 5.41) is 16.7. The molecule has 0 amide bonds. The first-order chi connectivity index (χ1) is 18.4. The first kappa shape index (κ1) is 27.4. The van der Waals surface area contributed by atoms with Crippen LogP contribution in [-0.2, 0) is 4.79 Å². The number of aromatic nitrogens is 4. The van der Waals surface area contributed by atoms with Gasteiger partial charge in [-0.3, -0.25) is 4.79 Å². The minimum atomic E-state index is -4.74. The second-order valence-corrected chi connectivity index (χ2v) is 11.1. The van der Waals surface area contributed by atoms with Crippen LogP contribution in [-0.4, -0.2) is 62.7 Å². The Morgan fingerprint density at radius 2 is 1.95 bits per heavy atom. The maximum absolute atomic E-state index is 14.4. The summed E-state index contributed by atoms with van der Waals surface area (Å²) in [6.45, 7) is 5.20. The zero-order chi connectivity index (χ0) is 27.9. The fourth-order valence-corrected chi connectivity index (χ4v) is 5.69. The standard InChI is InChI=1S/C26H28BrF3N6O3/c1-15-5-8-36(34-15)20-11-17(27)3-4-18(20)23(26(28,29)30)39-22-12-21(32-16(2)33-22)35-9-6-25(7-10-35)13-19(24(37)38)31-14-25/h3-5,8,11-12,19,23,31H,6-7,9-10,13-14H2,1-2H3,(H,37,38). The number of rotatable bonds is 6. The maximum atomic E-state index is 14.4. The average molecular weight is 609 g/mol. The number of aryl methyl sites for hydroxylation is 2. The molecule has 2 fully saturated rings. The van der Waals surface area contributed by atoms with Crippen molar-refractivity contribution in [1.82, 2.24) is 25.1 Å². The van der Waals surface area contributed by atoms with E-state index in [1.54, 1.807) is 32.2 Å². The molecule has 1 spiro atoms. The molecule has 5 rings (SSSR count). The van der Waals surface area contributed by atoms with Crippen LogP contribution in [0.4, 0.5) is 19.0 Å². The van der Waals surface area contributed by atoms with E-state index in [-0.39, 0.29) is 28.4 Å². The second kappa shape index (κ2) is 10.4. The number of aliphatic carboxylic acids is 1. The summed E-state index contributed by atoms with van der Waals surface area (Å²) in [5.41, 5.74) is 0.687. The number of nitrogens with zero attached hydrogens (tertiary/aromatic N) is 5. The molecule has 2 aliphatic heterocycles. The lowest BCUT2D eigenvalue weighted by molar-refractivity contribution is -0.198. The summed E-state index contributed by atoms with van der Waals surface area (Å²) < 4.78 is 50.9. The summed E-state index contributed by atoms with van der Waals surface area (Å²) in [6.07, 6.45) is -3.37. The number of benzene rings is 1. The van der Waals surface area contributed by atoms with Gasteiger partial charge in [0.15, 0.2) is 0 Å². The van der Waals surface area contributed by atoms with Crippen molar-refractivity contribution in [2.45, 2.75) is 51.4 Å². The molecule has 9 nitrogen and oxygen atoms in total. The van der Waals surface area contributed by atoms with Crippen LogP contribution in [0.25, 0.3) is 5.69 Å². The number of anilines is 1. The molecule has 0 saturated carbocycles. The lowest BCUT2D eigenvalue weighted by Crippen LogP contribution is -2.41. The van der Waals surface area contributed by atoms with Crippen LogP contribution >= 0.6 is 15.9 Å². The van der Waals surface area contributed by atoms with Crippen LogP contribution in [0.3, 0.4) is 0 Å². The van der Waals surface area contributed by atoms with Gasteiger partial charge in [-0.2, -0.15) is 23.3 Å². The molecule has 2 aliphatic rings. The monoisotopic (exact) mass is 608 g/mol. The number of hydrogen-bond acceptors (Lipinski definition) is 7. The Kier molecular flexibility index (Phi) is 7.31. The van der Waals surface area contributed by atoms with Gasteiger partial charge < -0.3 is 20.1 Å². The van der Waals surface area contributed by atoms with E-state index in [4.69, 9.17) is 4.74 Å². The number of piperidine rings is 1. The maximum Gasteiger partial charge on any atom is 0.429 e. The summed E-state index contributed by atoms with van der Waals surface area (Å²) in [4.78, 5) is 22.0. The third-order valence-electron chi connectivity index (χ3n) is 7.39. The Bertz CT molecular complexity index is 1370. The third-order valence-corrected chi connectivity index (χ3v) is 7.88. The average Bonchev–Trinajstić information content (AvgIpc) is 3.49. The molecule has 2 saturated heterocycles. The van der Waals surface area contributed by atoms with Gasteiger partial charge in [0.2, 0.25) is 12.0 Å². The summed E-state index contributed by atoms with van der Waals surface area (Å²) in [6, 6.07) is 7.06. The van der Waals surface area contributed by atoms with Crippen molar-refractivity contribution in [3.05, 3.63) is 58.1 Å². The fourth-order valence-electron chi connectivity index (χ4n) is 5.34. The van der Waals surface area contributed by atoms with Gasteiger partial charge in [0.05, 0.1) is 11.4 Å². The molecule has 39 heavy (non-hydrogen) atoms. The van der Waals surface area contributed by atoms with Crippen LogP contribution in [0.15, 0.2) is 41.0 Å². The molecule has 2 unspecified atom stereocenters. The fraction of sp³-hybridized carbons (Fsp3) is 0.462. The molecular formula is C26H28BrF3N6O3. The van der Waals surface area contributed by atoms with Gasteiger partial charge in [-0.05, 0) is 56.7 Å². The summed E-state index contributed by atoms with van der Waals surface area (Å²) >= 11 is 3.34. The molecule has 2 N–H and O–H groups in total. The van der Waals surface area contributed by atoms with Crippen molar-refractivity contribution >= 4 is 27.7 Å². The van der Waals surface area contributed by atoms with Crippen molar-refractivity contribution in [2.75, 3.05) is 24.5 Å². The van der Waals surface area contributed by atoms with Crippen molar-refractivity contribution in [2.24, 2.45) is 5.41 Å². The van der Waals surface area contributed by atoms with Crippen molar-refractivity contribution in [3.63, 3.8) is 0 Å². The summed E-state index contributed by atoms with van der Waals surface area (Å²) in [5.74, 6) is -0.263. The normalized spacial score (nSPS) is 19.8. The zero-order valence-corrected chi connectivity index (χ0v) is 23.0. The Hall–Kier alpha value is -3.19. The molecule has 208 valence electrons. The Labute approximate surface area is 231 Å². The van der Waals surface area contributed by atoms with E-state index in [2.05, 4.69) is 36.3 Å². The predicted molar refractivity (Wildman–Crippen MR) is 140 cm³/mol. The number of hydrogen-bond donors (Lipinski definition) is 2. The van der Waals surface area contributed by atoms with E-state index < -0.39 is 24.3 Å². The molecule has 0 aliphatic carbocycles. The first-order valence-electron chi connectivity index (χ1n) is 12.5. The van der Waals surface area contributed by atoms with Gasteiger partial charge in [0, 0.05) is 41.9 Å². The van der Waals surface area contributed by atoms with Gasteiger partial charge in [-0.25, -0.2) is 9.67 Å². The highest BCUT2D eigenvalue weighted by Gasteiger charge is 2.46. The number of nitrogens with one attached hydrogen (secondary N) is 1. The van der Waals surface area contributed by atoms with E-state index in [0.29, 0.717) is 42.0 Å². The van der Waals surface area contributed by atoms with E-state index in [0.717, 1.165) is 12.8 Å². The van der Waals surface area contributed by atoms with E-state index >= 15 is 0 Å². The van der Waals surface area contributed by atoms with Gasteiger partial charge in [0.25, 0.3) is 0 Å². The second-order valence-electron chi connectivity index (χ2n) is 10.2. The molecule has 1 aromatic carbocycles. The van der Waals surface area contributed by atoms with Crippen molar-refractivity contribution < 1.29 is 27.8 Å². The Morgan fingerprint density at radius 1 is 1.21 bits per heavy atom. The number of carboxylic acids is 1. The molecular weight excluding hydrogens is 581 g/mol. The van der Waals surface area contributed by atoms with Gasteiger partial charge in [-0.15, -0.1) is 0 Å². The quantitative estimate of drug-likeness (QED) is 0.413. The Balaban J connectivity index is 1.40. The SMILES string of the molecule is Cc1ccn(-c2cc(Br)ccc2C(Oc2cc(N3CCC4(CC3)CNC(C(=O)O)C4)nc(C)n2)C(F)(F)F)n1. The number of halogens is 4. The van der Waals surface area contributed by atoms with Crippen LogP contribution in [0.1, 0.15) is 42.4 Å². The van der Waals surface area contributed by atoms with Gasteiger partial charge in [0.1, 0.15) is 17.7 Å². The summed E-state index contributed by atoms with van der Waals surface area (Å²) in [7, 11) is 0. The molecule has 13 heteroatoms. The smallest absolute Gasteiger partial charge is 0.429 e. The van der Waals surface area contributed by atoms with Crippen LogP contribution in [0.2, 0.25) is 0 Å². The largest absolute Gasteiger partial charge is 0.480 e. The van der Waals surface area contributed by atoms with Crippen molar-refractivity contribution in [1.29, 1.82) is 0 Å². The molecule has 3 aromatic rings. The number of ether oxygens (including phenoxy) is 1. The predicted octanol–water partition coefficient (Wildman–Crippen LogP) is 4.76. The number of alkyl halides is 3. The third kappa shape index (κ3) is 5.88. The Morgan fingerprint density at radius 3 is 2.56 bits per heavy atom. The van der Waals surface area contributed by atoms with Crippen LogP contribution in [0, 0.1) is 19.3 Å². The van der Waals surface area contributed by atoms with E-state index in [9.17, 15) is 23.1 Å². The van der Waals surface area contributed by atoms with Gasteiger partial charge in [-0.1, -0.05) is 22.0 Å². The molecule has 4 heterocycles. The number of carboxylic acid groups (broad SMARTS) is 1. The molecule has 0 radical (unpaired) electrons. The van der Waals surface area contributed by atoms with Crippen molar-refractivity contribution in [3.8, 4) is 11.6 Å². The topological polar surface area (TPSA) is 105 Å². The number of carbonyl (C=O) groups is 1. The first-order valence-corrected chi connectivity index (χ1v) is 13.3. The van der Waals surface area contributed by atoms with E-state index in [1.807, 2.05) is 4.90 Å². The molecule has 0 bridgehead atoms. The molecule has 2 atom stereocenters.